The van der Waals surface area contributed by atoms with Gasteiger partial charge in [0.15, 0.2) is 0 Å². The van der Waals surface area contributed by atoms with Crippen molar-refractivity contribution in [3.05, 3.63) is 16.1 Å². The second kappa shape index (κ2) is 4.38. The van der Waals surface area contributed by atoms with E-state index in [9.17, 15) is 5.11 Å². The molecular weight excluding hydrogens is 196 g/mol. The van der Waals surface area contributed by atoms with Gasteiger partial charge in [0.1, 0.15) is 0 Å². The Morgan fingerprint density at radius 1 is 1.71 bits per heavy atom. The molecule has 14 heavy (non-hydrogen) atoms. The molecule has 1 atom stereocenters. The van der Waals surface area contributed by atoms with Crippen LogP contribution in [0.4, 0.5) is 0 Å². The average molecular weight is 212 g/mol. The molecule has 3 nitrogen and oxygen atoms in total. The molecule has 1 saturated heterocycles. The summed E-state index contributed by atoms with van der Waals surface area (Å²) in [7, 11) is 0. The molecule has 2 rings (SSSR count). The van der Waals surface area contributed by atoms with Crippen LogP contribution in [0.5, 0.6) is 0 Å². The molecule has 1 N–H and O–H groups in total. The molecule has 1 fully saturated rings. The van der Waals surface area contributed by atoms with Crippen molar-refractivity contribution in [1.29, 1.82) is 0 Å². The second-order valence-electron chi connectivity index (χ2n) is 3.85. The van der Waals surface area contributed by atoms with Crippen LogP contribution >= 0.6 is 11.3 Å². The normalized spacial score (nSPS) is 23.1. The van der Waals surface area contributed by atoms with Crippen molar-refractivity contribution in [2.45, 2.75) is 25.9 Å². The zero-order chi connectivity index (χ0) is 9.97. The zero-order valence-electron chi connectivity index (χ0n) is 8.44. The fourth-order valence-electron chi connectivity index (χ4n) is 1.84. The number of rotatable bonds is 3. The van der Waals surface area contributed by atoms with E-state index < -0.39 is 0 Å². The van der Waals surface area contributed by atoms with E-state index in [1.807, 2.05) is 5.51 Å². The fraction of sp³-hybridized carbons (Fsp3) is 0.700. The summed E-state index contributed by atoms with van der Waals surface area (Å²) in [5.74, 6) is 0. The summed E-state index contributed by atoms with van der Waals surface area (Å²) in [6.45, 7) is 5.00. The molecule has 1 aromatic heterocycles. The predicted octanol–water partition coefficient (Wildman–Crippen LogP) is 1.06. The second-order valence-corrected chi connectivity index (χ2v) is 4.79. The van der Waals surface area contributed by atoms with E-state index in [4.69, 9.17) is 0 Å². The van der Waals surface area contributed by atoms with Gasteiger partial charge in [-0.05, 0) is 19.8 Å². The molecule has 0 bridgehead atoms. The van der Waals surface area contributed by atoms with E-state index >= 15 is 0 Å². The lowest BCUT2D eigenvalue weighted by Crippen LogP contribution is -2.24. The van der Waals surface area contributed by atoms with Crippen molar-refractivity contribution in [1.82, 2.24) is 9.88 Å². The molecule has 2 heterocycles. The highest BCUT2D eigenvalue weighted by Crippen LogP contribution is 2.15. The number of aryl methyl sites for hydroxylation is 1. The van der Waals surface area contributed by atoms with Gasteiger partial charge in [-0.1, -0.05) is 0 Å². The number of hydrogen-bond acceptors (Lipinski definition) is 4. The maximum Gasteiger partial charge on any atom is 0.0797 e. The number of nitrogens with zero attached hydrogens (tertiary/aromatic N) is 2. The van der Waals surface area contributed by atoms with E-state index in [1.165, 1.54) is 4.88 Å². The van der Waals surface area contributed by atoms with Crippen molar-refractivity contribution < 1.29 is 5.11 Å². The third-order valence-electron chi connectivity index (χ3n) is 2.75. The Kier molecular flexibility index (Phi) is 3.15. The first-order chi connectivity index (χ1) is 6.75. The zero-order valence-corrected chi connectivity index (χ0v) is 9.26. The maximum absolute atomic E-state index is 9.36. The van der Waals surface area contributed by atoms with Crippen LogP contribution in [0, 0.1) is 6.92 Å². The number of thiazole rings is 1. The Morgan fingerprint density at radius 3 is 3.14 bits per heavy atom. The van der Waals surface area contributed by atoms with E-state index in [0.29, 0.717) is 0 Å². The lowest BCUT2D eigenvalue weighted by Gasteiger charge is -2.13. The van der Waals surface area contributed by atoms with Crippen LogP contribution in [-0.4, -0.2) is 40.7 Å². The Morgan fingerprint density at radius 2 is 2.57 bits per heavy atom. The Hall–Kier alpha value is -0.450. The van der Waals surface area contributed by atoms with Crippen LogP contribution in [0.2, 0.25) is 0 Å². The van der Waals surface area contributed by atoms with Gasteiger partial charge in [0, 0.05) is 24.5 Å². The third-order valence-corrected chi connectivity index (χ3v) is 3.74. The van der Waals surface area contributed by atoms with Gasteiger partial charge >= 0.3 is 0 Å². The highest BCUT2D eigenvalue weighted by molar-refractivity contribution is 7.09. The minimum atomic E-state index is -0.0995. The van der Waals surface area contributed by atoms with E-state index in [0.717, 1.165) is 38.2 Å². The van der Waals surface area contributed by atoms with Crippen LogP contribution in [-0.2, 0) is 6.42 Å². The number of aromatic nitrogens is 1. The first-order valence-electron chi connectivity index (χ1n) is 5.05. The number of hydrogen-bond donors (Lipinski definition) is 1. The minimum absolute atomic E-state index is 0.0995. The molecule has 1 aliphatic heterocycles. The molecule has 0 amide bonds. The van der Waals surface area contributed by atoms with Crippen molar-refractivity contribution in [3.8, 4) is 0 Å². The summed E-state index contributed by atoms with van der Waals surface area (Å²) in [6.07, 6.45) is 1.91. The number of likely N-dealkylation sites (tertiary alicyclic amines) is 1. The largest absolute Gasteiger partial charge is 0.392 e. The summed E-state index contributed by atoms with van der Waals surface area (Å²) < 4.78 is 0. The monoisotopic (exact) mass is 212 g/mol. The number of β-amino-alcohol motifs (C(OH)–C–C–N with tert-alkyl or cyclic N) is 1. The van der Waals surface area contributed by atoms with Gasteiger partial charge in [-0.2, -0.15) is 0 Å². The highest BCUT2D eigenvalue weighted by Gasteiger charge is 2.19. The van der Waals surface area contributed by atoms with Crippen LogP contribution < -0.4 is 0 Å². The number of aliphatic hydroxyl groups is 1. The molecule has 0 aromatic carbocycles. The first kappa shape index (κ1) is 10.1. The van der Waals surface area contributed by atoms with Gasteiger partial charge in [0.2, 0.25) is 0 Å². The van der Waals surface area contributed by atoms with Gasteiger partial charge in [-0.25, -0.2) is 4.98 Å². The molecule has 78 valence electrons. The van der Waals surface area contributed by atoms with E-state index in [-0.39, 0.29) is 6.10 Å². The van der Waals surface area contributed by atoms with Crippen molar-refractivity contribution in [2.24, 2.45) is 0 Å². The predicted molar refractivity (Wildman–Crippen MR) is 57.6 cm³/mol. The molecule has 1 aliphatic rings. The van der Waals surface area contributed by atoms with Crippen molar-refractivity contribution in [2.75, 3.05) is 19.6 Å². The average Bonchev–Trinajstić information content (AvgIpc) is 2.72. The van der Waals surface area contributed by atoms with Gasteiger partial charge in [0.05, 0.1) is 17.3 Å². The Bertz CT molecular complexity index is 300. The molecule has 0 radical (unpaired) electrons. The molecule has 0 saturated carbocycles. The summed E-state index contributed by atoms with van der Waals surface area (Å²) in [4.78, 5) is 7.93. The lowest BCUT2D eigenvalue weighted by molar-refractivity contribution is 0.177. The van der Waals surface area contributed by atoms with Crippen LogP contribution in [0.15, 0.2) is 5.51 Å². The van der Waals surface area contributed by atoms with Gasteiger partial charge in [0.25, 0.3) is 0 Å². The SMILES string of the molecule is Cc1ncsc1CCN1CC[C@@H](O)C1. The molecule has 0 unspecified atom stereocenters. The van der Waals surface area contributed by atoms with E-state index in [1.54, 1.807) is 11.3 Å². The van der Waals surface area contributed by atoms with Gasteiger partial charge < -0.3 is 10.0 Å². The van der Waals surface area contributed by atoms with E-state index in [2.05, 4.69) is 16.8 Å². The molecule has 4 heteroatoms. The fourth-order valence-corrected chi connectivity index (χ4v) is 2.61. The molecule has 0 spiro atoms. The first-order valence-corrected chi connectivity index (χ1v) is 5.93. The molecular formula is C10H16N2OS. The minimum Gasteiger partial charge on any atom is -0.392 e. The lowest BCUT2D eigenvalue weighted by atomic mass is 10.3. The maximum atomic E-state index is 9.36. The van der Waals surface area contributed by atoms with Crippen molar-refractivity contribution >= 4 is 11.3 Å². The summed E-state index contributed by atoms with van der Waals surface area (Å²) >= 11 is 1.73. The quantitative estimate of drug-likeness (QED) is 0.814. The Balaban J connectivity index is 1.80. The topological polar surface area (TPSA) is 36.4 Å². The number of aliphatic hydroxyl groups excluding tert-OH is 1. The van der Waals surface area contributed by atoms with Crippen LogP contribution in [0.3, 0.4) is 0 Å². The summed E-state index contributed by atoms with van der Waals surface area (Å²) in [5.41, 5.74) is 3.07. The Labute approximate surface area is 88.4 Å². The van der Waals surface area contributed by atoms with Gasteiger partial charge in [-0.3, -0.25) is 0 Å². The van der Waals surface area contributed by atoms with Gasteiger partial charge in [-0.15, -0.1) is 11.3 Å². The van der Waals surface area contributed by atoms with Crippen LogP contribution in [0.25, 0.3) is 0 Å². The van der Waals surface area contributed by atoms with Crippen LogP contribution in [0.1, 0.15) is 17.0 Å². The molecule has 0 aliphatic carbocycles. The van der Waals surface area contributed by atoms with Crippen molar-refractivity contribution in [3.63, 3.8) is 0 Å². The summed E-state index contributed by atoms with van der Waals surface area (Å²) in [5, 5.41) is 9.36. The highest BCUT2D eigenvalue weighted by atomic mass is 32.1. The summed E-state index contributed by atoms with van der Waals surface area (Å²) in [6, 6.07) is 0. The smallest absolute Gasteiger partial charge is 0.0797 e. The third kappa shape index (κ3) is 2.32. The molecule has 1 aromatic rings. The standard InChI is InChI=1S/C10H16N2OS/c1-8-10(14-7-11-8)3-5-12-4-2-9(13)6-12/h7,9,13H,2-6H2,1H3/t9-/m1/s1.